The number of nitrogens with two attached hydrogens (primary N) is 1. The van der Waals surface area contributed by atoms with Gasteiger partial charge in [0.25, 0.3) is 5.56 Å². The van der Waals surface area contributed by atoms with Gasteiger partial charge in [0.2, 0.25) is 5.82 Å². The molecule has 0 unspecified atom stereocenters. The van der Waals surface area contributed by atoms with Gasteiger partial charge >= 0.3 is 0 Å². The lowest BCUT2D eigenvalue weighted by molar-refractivity contribution is -0.111. The fourth-order valence-electron chi connectivity index (χ4n) is 1.80. The molecule has 8 heteroatoms. The van der Waals surface area contributed by atoms with Gasteiger partial charge in [0.1, 0.15) is 11.5 Å². The highest BCUT2D eigenvalue weighted by Gasteiger charge is 2.09. The third-order valence-electron chi connectivity index (χ3n) is 3.06. The van der Waals surface area contributed by atoms with Gasteiger partial charge in [-0.2, -0.15) is 4.39 Å². The summed E-state index contributed by atoms with van der Waals surface area (Å²) in [4.78, 5) is 32.7. The highest BCUT2D eigenvalue weighted by atomic mass is 19.1. The molecule has 1 aromatic carbocycles. The summed E-state index contributed by atoms with van der Waals surface area (Å²) >= 11 is 0. The van der Waals surface area contributed by atoms with Crippen LogP contribution in [0.4, 0.5) is 8.78 Å². The third-order valence-corrected chi connectivity index (χ3v) is 3.06. The Hall–Kier alpha value is -3.16. The van der Waals surface area contributed by atoms with E-state index in [4.69, 9.17) is 5.73 Å². The molecule has 0 amide bonds. The van der Waals surface area contributed by atoms with Gasteiger partial charge in [-0.05, 0) is 12.1 Å². The largest absolute Gasteiger partial charge is 0.396 e. The van der Waals surface area contributed by atoms with Crippen molar-refractivity contribution < 1.29 is 13.6 Å². The van der Waals surface area contributed by atoms with Gasteiger partial charge in [0.05, 0.1) is 18.4 Å². The summed E-state index contributed by atoms with van der Waals surface area (Å²) in [5.41, 5.74) is 4.98. The van der Waals surface area contributed by atoms with Crippen LogP contribution in [-0.4, -0.2) is 21.5 Å². The Morgan fingerprint density at radius 2 is 2.04 bits per heavy atom. The normalized spacial score (nSPS) is 12.3. The Morgan fingerprint density at radius 1 is 1.33 bits per heavy atom. The molecular formula is C16H14F2N4O2. The summed E-state index contributed by atoms with van der Waals surface area (Å²) in [6, 6.07) is 6.03. The van der Waals surface area contributed by atoms with Crippen LogP contribution in [0.25, 0.3) is 5.70 Å². The van der Waals surface area contributed by atoms with E-state index >= 15 is 0 Å². The maximum atomic E-state index is 13.6. The predicted octanol–water partition coefficient (Wildman–Crippen LogP) is 1.58. The topological polar surface area (TPSA) is 101 Å². The van der Waals surface area contributed by atoms with E-state index < -0.39 is 23.0 Å². The van der Waals surface area contributed by atoms with Crippen molar-refractivity contribution in [2.24, 2.45) is 10.7 Å². The Kier molecular flexibility index (Phi) is 5.31. The molecule has 2 aromatic rings. The highest BCUT2D eigenvalue weighted by molar-refractivity contribution is 6.44. The van der Waals surface area contributed by atoms with Gasteiger partial charge < -0.3 is 10.7 Å². The first-order valence-electron chi connectivity index (χ1n) is 6.89. The number of Topliss-reactive ketones (excluding diaryl/α,β-unsaturated/α-hetero) is 1. The minimum Gasteiger partial charge on any atom is -0.396 e. The zero-order chi connectivity index (χ0) is 17.7. The van der Waals surface area contributed by atoms with Crippen LogP contribution in [-0.2, 0) is 11.3 Å². The van der Waals surface area contributed by atoms with Gasteiger partial charge in [-0.3, -0.25) is 14.6 Å². The summed E-state index contributed by atoms with van der Waals surface area (Å²) in [6.07, 6.45) is 1.91. The summed E-state index contributed by atoms with van der Waals surface area (Å²) in [7, 11) is 0. The van der Waals surface area contributed by atoms with E-state index in [-0.39, 0.29) is 23.8 Å². The molecule has 0 saturated heterocycles. The second kappa shape index (κ2) is 7.40. The predicted molar refractivity (Wildman–Crippen MR) is 85.2 cm³/mol. The van der Waals surface area contributed by atoms with Crippen molar-refractivity contribution in [1.29, 1.82) is 0 Å². The molecule has 0 bridgehead atoms. The Bertz CT molecular complexity index is 888. The first kappa shape index (κ1) is 17.2. The van der Waals surface area contributed by atoms with E-state index in [0.717, 1.165) is 6.20 Å². The SMILES string of the molecule is CC(=O)C(C=C(N)c1ncc(F)c(=O)[nH]1)=NCc1ccccc1F. The Balaban J connectivity index is 2.31. The molecule has 0 radical (unpaired) electrons. The number of benzene rings is 1. The van der Waals surface area contributed by atoms with Crippen molar-refractivity contribution in [3.8, 4) is 0 Å². The van der Waals surface area contributed by atoms with Crippen molar-refractivity contribution in [2.45, 2.75) is 13.5 Å². The smallest absolute Gasteiger partial charge is 0.287 e. The van der Waals surface area contributed by atoms with E-state index in [1.54, 1.807) is 18.2 Å². The Morgan fingerprint density at radius 3 is 2.67 bits per heavy atom. The van der Waals surface area contributed by atoms with Crippen LogP contribution in [0.2, 0.25) is 0 Å². The minimum absolute atomic E-state index is 0.0253. The molecule has 1 heterocycles. The molecule has 0 spiro atoms. The van der Waals surface area contributed by atoms with Crippen molar-refractivity contribution in [2.75, 3.05) is 0 Å². The van der Waals surface area contributed by atoms with E-state index in [1.807, 2.05) is 0 Å². The first-order chi connectivity index (χ1) is 11.4. The number of hydrogen-bond acceptors (Lipinski definition) is 5. The van der Waals surface area contributed by atoms with Gasteiger partial charge in [0.15, 0.2) is 11.6 Å². The van der Waals surface area contributed by atoms with Gasteiger partial charge in [-0.25, -0.2) is 9.37 Å². The zero-order valence-electron chi connectivity index (χ0n) is 12.7. The lowest BCUT2D eigenvalue weighted by Gasteiger charge is -2.03. The van der Waals surface area contributed by atoms with Crippen LogP contribution in [0.1, 0.15) is 18.3 Å². The fourth-order valence-corrected chi connectivity index (χ4v) is 1.80. The van der Waals surface area contributed by atoms with E-state index in [1.165, 1.54) is 19.1 Å². The summed E-state index contributed by atoms with van der Waals surface area (Å²) < 4.78 is 26.5. The van der Waals surface area contributed by atoms with Gasteiger partial charge in [-0.15, -0.1) is 0 Å². The van der Waals surface area contributed by atoms with Crippen LogP contribution < -0.4 is 11.3 Å². The fraction of sp³-hybridized carbons (Fsp3) is 0.125. The lowest BCUT2D eigenvalue weighted by Crippen LogP contribution is -2.18. The quantitative estimate of drug-likeness (QED) is 0.812. The number of nitrogens with one attached hydrogen (secondary N) is 1. The molecule has 3 N–H and O–H groups in total. The number of H-pyrrole nitrogens is 1. The van der Waals surface area contributed by atoms with Gasteiger partial charge in [0, 0.05) is 12.5 Å². The highest BCUT2D eigenvalue weighted by Crippen LogP contribution is 2.09. The van der Waals surface area contributed by atoms with Crippen LogP contribution >= 0.6 is 0 Å². The van der Waals surface area contributed by atoms with Crippen molar-refractivity contribution in [3.63, 3.8) is 0 Å². The molecule has 0 saturated carbocycles. The van der Waals surface area contributed by atoms with Crippen molar-refractivity contribution >= 4 is 17.2 Å². The molecule has 124 valence electrons. The molecule has 2 rings (SSSR count). The molecule has 0 aliphatic heterocycles. The second-order valence-corrected chi connectivity index (χ2v) is 4.86. The molecule has 0 aliphatic rings. The standard InChI is InChI=1S/C16H14F2N4O2/c1-9(23)14(20-7-10-4-2-3-5-11(10)17)6-13(19)15-21-8-12(18)16(24)22-15/h2-6,8H,7,19H2,1H3,(H,21,22,24). The molecule has 24 heavy (non-hydrogen) atoms. The van der Waals surface area contributed by atoms with Crippen molar-refractivity contribution in [1.82, 2.24) is 9.97 Å². The number of aromatic amines is 1. The van der Waals surface area contributed by atoms with E-state index in [0.29, 0.717) is 5.56 Å². The zero-order valence-corrected chi connectivity index (χ0v) is 12.7. The average molecular weight is 332 g/mol. The number of ketones is 1. The number of carbonyl (C=O) groups excluding carboxylic acids is 1. The summed E-state index contributed by atoms with van der Waals surface area (Å²) in [5.74, 6) is -1.99. The maximum absolute atomic E-state index is 13.6. The van der Waals surface area contributed by atoms with E-state index in [2.05, 4.69) is 15.0 Å². The molecule has 6 nitrogen and oxygen atoms in total. The minimum atomic E-state index is -1.05. The summed E-state index contributed by atoms with van der Waals surface area (Å²) in [6.45, 7) is 1.21. The second-order valence-electron chi connectivity index (χ2n) is 4.86. The molecule has 0 atom stereocenters. The lowest BCUT2D eigenvalue weighted by atomic mass is 10.2. The molecule has 0 aliphatic carbocycles. The van der Waals surface area contributed by atoms with Crippen LogP contribution in [0.3, 0.4) is 0 Å². The monoisotopic (exact) mass is 332 g/mol. The first-order valence-corrected chi connectivity index (χ1v) is 6.89. The number of allylic oxidation sites excluding steroid dienone is 1. The van der Waals surface area contributed by atoms with Crippen LogP contribution in [0.15, 0.2) is 46.3 Å². The number of carbonyl (C=O) groups is 1. The molecule has 1 aromatic heterocycles. The Labute approximate surface area is 135 Å². The number of aromatic nitrogens is 2. The van der Waals surface area contributed by atoms with Crippen LogP contribution in [0.5, 0.6) is 0 Å². The number of halogens is 2. The molecular weight excluding hydrogens is 318 g/mol. The summed E-state index contributed by atoms with van der Waals surface area (Å²) in [5, 5.41) is 0. The number of nitrogens with zero attached hydrogens (tertiary/aromatic N) is 2. The number of hydrogen-bond donors (Lipinski definition) is 2. The van der Waals surface area contributed by atoms with Crippen molar-refractivity contribution in [3.05, 3.63) is 69.9 Å². The van der Waals surface area contributed by atoms with Crippen LogP contribution in [0, 0.1) is 11.6 Å². The maximum Gasteiger partial charge on any atom is 0.287 e. The molecule has 0 fully saturated rings. The third kappa shape index (κ3) is 4.19. The van der Waals surface area contributed by atoms with Gasteiger partial charge in [-0.1, -0.05) is 18.2 Å². The number of aliphatic imine (C=N–C) groups is 1. The number of rotatable bonds is 5. The average Bonchev–Trinajstić information content (AvgIpc) is 2.54. The van der Waals surface area contributed by atoms with E-state index in [9.17, 15) is 18.4 Å².